The fourth-order valence-electron chi connectivity index (χ4n) is 3.41. The molecule has 9 nitrogen and oxygen atoms in total. The molecule has 0 saturated carbocycles. The molecule has 0 aliphatic carbocycles. The molecule has 34 heavy (non-hydrogen) atoms. The Morgan fingerprint density at radius 1 is 0.941 bits per heavy atom. The second-order valence-corrected chi connectivity index (χ2v) is 7.56. The lowest BCUT2D eigenvalue weighted by Gasteiger charge is -2.17. The summed E-state index contributed by atoms with van der Waals surface area (Å²) in [5.41, 5.74) is 2.99. The lowest BCUT2D eigenvalue weighted by Crippen LogP contribution is -2.25. The average molecular weight is 469 g/mol. The van der Waals surface area contributed by atoms with Gasteiger partial charge in [-0.25, -0.2) is 4.68 Å². The predicted molar refractivity (Wildman–Crippen MR) is 129 cm³/mol. The van der Waals surface area contributed by atoms with Crippen LogP contribution in [0.5, 0.6) is 11.5 Å². The topological polar surface area (TPSA) is 87.9 Å². The molecule has 3 aromatic rings. The lowest BCUT2D eigenvalue weighted by atomic mass is 10.1. The summed E-state index contributed by atoms with van der Waals surface area (Å²) in [5.74, 6) is 1.19. The number of ether oxygens (including phenoxy) is 4. The number of hydrogen-bond donors (Lipinski definition) is 0. The molecule has 0 radical (unpaired) electrons. The van der Waals surface area contributed by atoms with Gasteiger partial charge in [0.05, 0.1) is 11.9 Å². The number of carbonyl (C=O) groups is 1. The number of carbonyl (C=O) groups excluding carboxylic acids is 1. The molecule has 0 unspecified atom stereocenters. The molecule has 1 aromatic heterocycles. The molecule has 0 fully saturated rings. The van der Waals surface area contributed by atoms with Crippen molar-refractivity contribution in [3.63, 3.8) is 0 Å². The van der Waals surface area contributed by atoms with Crippen LogP contribution in [0.25, 0.3) is 16.9 Å². The fraction of sp³-hybridized carbons (Fsp3) is 0.400. The predicted octanol–water partition coefficient (Wildman–Crippen LogP) is 3.81. The maximum absolute atomic E-state index is 12.5. The number of aromatic nitrogens is 3. The smallest absolute Gasteiger partial charge is 0.188 e. The van der Waals surface area contributed by atoms with Crippen LogP contribution in [0.3, 0.4) is 0 Å². The SMILES string of the molecule is CCN(CC)CCC(=O)c1ccc(-n2cc(-c3ccc(OCOC)c(OCOC)c3)nn2)cc1. The van der Waals surface area contributed by atoms with Crippen LogP contribution in [-0.2, 0) is 9.47 Å². The van der Waals surface area contributed by atoms with E-state index in [1.807, 2.05) is 42.6 Å². The van der Waals surface area contributed by atoms with E-state index in [1.54, 1.807) is 25.0 Å². The second-order valence-electron chi connectivity index (χ2n) is 7.56. The minimum absolute atomic E-state index is 0.0828. The van der Waals surface area contributed by atoms with Crippen molar-refractivity contribution >= 4 is 5.78 Å². The standard InChI is InChI=1S/C25H32N4O5/c1-5-28(6-2)14-13-23(30)19-7-10-21(11-8-19)29-16-22(26-27-29)20-9-12-24(33-17-31-3)25(15-20)34-18-32-4/h7-12,15-16H,5-6,13-14,17-18H2,1-4H3. The summed E-state index contributed by atoms with van der Waals surface area (Å²) < 4.78 is 22.8. The highest BCUT2D eigenvalue weighted by atomic mass is 16.7. The number of rotatable bonds is 14. The van der Waals surface area contributed by atoms with E-state index in [0.717, 1.165) is 30.9 Å². The van der Waals surface area contributed by atoms with Gasteiger partial charge < -0.3 is 23.8 Å². The van der Waals surface area contributed by atoms with Gasteiger partial charge in [0.2, 0.25) is 0 Å². The van der Waals surface area contributed by atoms with Crippen molar-refractivity contribution in [1.29, 1.82) is 0 Å². The summed E-state index contributed by atoms with van der Waals surface area (Å²) in [6.07, 6.45) is 2.33. The van der Waals surface area contributed by atoms with Crippen molar-refractivity contribution < 1.29 is 23.7 Å². The van der Waals surface area contributed by atoms with Gasteiger partial charge >= 0.3 is 0 Å². The minimum Gasteiger partial charge on any atom is -0.464 e. The molecule has 1 heterocycles. The van der Waals surface area contributed by atoms with Crippen molar-refractivity contribution in [3.05, 3.63) is 54.2 Å². The van der Waals surface area contributed by atoms with Crippen molar-refractivity contribution in [2.24, 2.45) is 0 Å². The third-order valence-corrected chi connectivity index (χ3v) is 5.40. The monoisotopic (exact) mass is 468 g/mol. The van der Waals surface area contributed by atoms with Crippen LogP contribution in [0.2, 0.25) is 0 Å². The zero-order valence-electron chi connectivity index (χ0n) is 20.2. The molecule has 2 aromatic carbocycles. The van der Waals surface area contributed by atoms with Crippen molar-refractivity contribution in [1.82, 2.24) is 19.9 Å². The summed E-state index contributed by atoms with van der Waals surface area (Å²) in [7, 11) is 3.10. The van der Waals surface area contributed by atoms with Gasteiger partial charge in [0.25, 0.3) is 0 Å². The minimum atomic E-state index is 0.0828. The Morgan fingerprint density at radius 2 is 1.62 bits per heavy atom. The van der Waals surface area contributed by atoms with E-state index in [-0.39, 0.29) is 19.4 Å². The highest BCUT2D eigenvalue weighted by Gasteiger charge is 2.13. The van der Waals surface area contributed by atoms with Crippen LogP contribution in [0.4, 0.5) is 0 Å². The van der Waals surface area contributed by atoms with E-state index in [2.05, 4.69) is 29.1 Å². The summed E-state index contributed by atoms with van der Waals surface area (Å²) in [5, 5.41) is 8.53. The summed E-state index contributed by atoms with van der Waals surface area (Å²) >= 11 is 0. The Hall–Kier alpha value is -3.27. The molecular formula is C25H32N4O5. The van der Waals surface area contributed by atoms with Gasteiger partial charge in [0.15, 0.2) is 30.9 Å². The van der Waals surface area contributed by atoms with Crippen LogP contribution < -0.4 is 9.47 Å². The van der Waals surface area contributed by atoms with E-state index >= 15 is 0 Å². The molecule has 0 atom stereocenters. The van der Waals surface area contributed by atoms with E-state index in [0.29, 0.717) is 29.2 Å². The molecule has 182 valence electrons. The number of methoxy groups -OCH3 is 2. The fourth-order valence-corrected chi connectivity index (χ4v) is 3.41. The maximum atomic E-state index is 12.5. The molecule has 0 bridgehead atoms. The zero-order chi connectivity index (χ0) is 24.3. The van der Waals surface area contributed by atoms with Crippen molar-refractivity contribution in [3.8, 4) is 28.4 Å². The highest BCUT2D eigenvalue weighted by Crippen LogP contribution is 2.32. The van der Waals surface area contributed by atoms with Crippen LogP contribution in [-0.4, -0.2) is 73.1 Å². The zero-order valence-corrected chi connectivity index (χ0v) is 20.2. The maximum Gasteiger partial charge on any atom is 0.188 e. The first-order valence-corrected chi connectivity index (χ1v) is 11.3. The first-order chi connectivity index (χ1) is 16.6. The highest BCUT2D eigenvalue weighted by molar-refractivity contribution is 5.96. The number of ketones is 1. The molecule has 0 aliphatic rings. The Balaban J connectivity index is 1.72. The van der Waals surface area contributed by atoms with E-state index in [4.69, 9.17) is 18.9 Å². The van der Waals surface area contributed by atoms with Gasteiger partial charge in [0, 0.05) is 38.3 Å². The normalized spacial score (nSPS) is 11.1. The van der Waals surface area contributed by atoms with Gasteiger partial charge in [-0.05, 0) is 55.6 Å². The molecule has 0 saturated heterocycles. The molecule has 0 aliphatic heterocycles. The Morgan fingerprint density at radius 3 is 2.26 bits per heavy atom. The number of hydrogen-bond acceptors (Lipinski definition) is 8. The van der Waals surface area contributed by atoms with Crippen LogP contribution in [0, 0.1) is 0 Å². The first kappa shape index (κ1) is 25.4. The van der Waals surface area contributed by atoms with Crippen LogP contribution in [0.15, 0.2) is 48.7 Å². The number of benzene rings is 2. The van der Waals surface area contributed by atoms with Gasteiger partial charge in [-0.2, -0.15) is 0 Å². The van der Waals surface area contributed by atoms with Crippen molar-refractivity contribution in [2.45, 2.75) is 20.3 Å². The number of nitrogens with zero attached hydrogens (tertiary/aromatic N) is 4. The van der Waals surface area contributed by atoms with Crippen LogP contribution in [0.1, 0.15) is 30.6 Å². The Bertz CT molecular complexity index is 1050. The molecular weight excluding hydrogens is 436 g/mol. The quantitative estimate of drug-likeness (QED) is 0.261. The summed E-state index contributed by atoms with van der Waals surface area (Å²) in [4.78, 5) is 14.8. The van der Waals surface area contributed by atoms with E-state index < -0.39 is 0 Å². The lowest BCUT2D eigenvalue weighted by molar-refractivity contribution is 0.0323. The van der Waals surface area contributed by atoms with Gasteiger partial charge in [-0.1, -0.05) is 19.1 Å². The third kappa shape index (κ3) is 6.63. The van der Waals surface area contributed by atoms with Gasteiger partial charge in [-0.3, -0.25) is 4.79 Å². The molecule has 0 amide bonds. The molecule has 0 spiro atoms. The first-order valence-electron chi connectivity index (χ1n) is 11.3. The van der Waals surface area contributed by atoms with Crippen molar-refractivity contribution in [2.75, 3.05) is 47.4 Å². The van der Waals surface area contributed by atoms with E-state index in [9.17, 15) is 4.79 Å². The van der Waals surface area contributed by atoms with Gasteiger partial charge in [-0.15, -0.1) is 5.10 Å². The molecule has 3 rings (SSSR count). The van der Waals surface area contributed by atoms with Gasteiger partial charge in [0.1, 0.15) is 5.69 Å². The average Bonchev–Trinajstić information content (AvgIpc) is 3.37. The Kier molecular flexibility index (Phi) is 9.57. The largest absolute Gasteiger partial charge is 0.464 e. The molecule has 0 N–H and O–H groups in total. The molecule has 9 heteroatoms. The summed E-state index contributed by atoms with van der Waals surface area (Å²) in [6.45, 7) is 7.05. The second kappa shape index (κ2) is 12.8. The Labute approximate surface area is 200 Å². The summed E-state index contributed by atoms with van der Waals surface area (Å²) in [6, 6.07) is 12.9. The third-order valence-electron chi connectivity index (χ3n) is 5.40. The van der Waals surface area contributed by atoms with E-state index in [1.165, 1.54) is 0 Å². The number of Topliss-reactive ketones (excluding diaryl/α,β-unsaturated/α-hetero) is 1. The van der Waals surface area contributed by atoms with Crippen LogP contribution >= 0.6 is 0 Å².